The third-order valence-electron chi connectivity index (χ3n) is 4.04. The van der Waals surface area contributed by atoms with Gasteiger partial charge in [0.15, 0.2) is 0 Å². The van der Waals surface area contributed by atoms with Crippen molar-refractivity contribution in [3.05, 3.63) is 23.9 Å². The van der Waals surface area contributed by atoms with Crippen LogP contribution in [0.1, 0.15) is 38.7 Å². The van der Waals surface area contributed by atoms with Gasteiger partial charge in [0.1, 0.15) is 5.82 Å². The zero-order chi connectivity index (χ0) is 13.0. The van der Waals surface area contributed by atoms with E-state index in [9.17, 15) is 0 Å². The molecule has 0 amide bonds. The number of rotatable bonds is 5. The molecule has 18 heavy (non-hydrogen) atoms. The molecule has 0 aromatic carbocycles. The van der Waals surface area contributed by atoms with E-state index in [1.54, 1.807) is 0 Å². The highest BCUT2D eigenvalue weighted by Crippen LogP contribution is 2.27. The Kier molecular flexibility index (Phi) is 4.59. The largest absolute Gasteiger partial charge is 0.356 e. The summed E-state index contributed by atoms with van der Waals surface area (Å²) in [5, 5.41) is 0. The fourth-order valence-corrected chi connectivity index (χ4v) is 2.66. The summed E-state index contributed by atoms with van der Waals surface area (Å²) >= 11 is 0. The smallest absolute Gasteiger partial charge is 0.131 e. The van der Waals surface area contributed by atoms with E-state index >= 15 is 0 Å². The van der Waals surface area contributed by atoms with Crippen LogP contribution in [0.5, 0.6) is 0 Å². The van der Waals surface area contributed by atoms with Crippen LogP contribution in [0.3, 0.4) is 0 Å². The Bertz CT molecular complexity index is 378. The fraction of sp³-hybridized carbons (Fsp3) is 0.667. The van der Waals surface area contributed by atoms with Crippen molar-refractivity contribution >= 4 is 5.82 Å². The van der Waals surface area contributed by atoms with Gasteiger partial charge in [0.2, 0.25) is 0 Å². The predicted octanol–water partition coefficient (Wildman–Crippen LogP) is 2.60. The molecule has 1 fully saturated rings. The Balaban J connectivity index is 2.12. The first-order valence-corrected chi connectivity index (χ1v) is 7.19. The second kappa shape index (κ2) is 6.19. The van der Waals surface area contributed by atoms with Crippen LogP contribution in [-0.2, 0) is 6.42 Å². The molecule has 100 valence electrons. The molecular formula is C15H25N3. The van der Waals surface area contributed by atoms with E-state index in [4.69, 9.17) is 5.73 Å². The van der Waals surface area contributed by atoms with Gasteiger partial charge < -0.3 is 10.6 Å². The van der Waals surface area contributed by atoms with Crippen LogP contribution < -0.4 is 10.6 Å². The summed E-state index contributed by atoms with van der Waals surface area (Å²) in [5.74, 6) is 2.00. The molecule has 2 unspecified atom stereocenters. The molecule has 1 aliphatic rings. The average Bonchev–Trinajstić information content (AvgIpc) is 2.88. The van der Waals surface area contributed by atoms with E-state index < -0.39 is 0 Å². The van der Waals surface area contributed by atoms with Crippen molar-refractivity contribution < 1.29 is 0 Å². The lowest BCUT2D eigenvalue weighted by Crippen LogP contribution is -2.26. The Morgan fingerprint density at radius 1 is 1.50 bits per heavy atom. The molecule has 2 rings (SSSR count). The minimum atomic E-state index is 0.248. The molecule has 2 atom stereocenters. The van der Waals surface area contributed by atoms with Gasteiger partial charge in [-0.3, -0.25) is 0 Å². The van der Waals surface area contributed by atoms with Gasteiger partial charge in [-0.2, -0.15) is 0 Å². The van der Waals surface area contributed by atoms with Crippen LogP contribution in [0.25, 0.3) is 0 Å². The highest BCUT2D eigenvalue weighted by atomic mass is 15.2. The molecule has 0 spiro atoms. The summed E-state index contributed by atoms with van der Waals surface area (Å²) in [6.07, 6.45) is 6.42. The maximum atomic E-state index is 6.08. The highest BCUT2D eigenvalue weighted by molar-refractivity contribution is 5.48. The minimum absolute atomic E-state index is 0.248. The number of nitrogens with zero attached hydrogens (tertiary/aromatic N) is 2. The van der Waals surface area contributed by atoms with Crippen molar-refractivity contribution in [2.45, 2.75) is 45.6 Å². The van der Waals surface area contributed by atoms with Gasteiger partial charge in [0, 0.05) is 25.3 Å². The normalized spacial score (nSPS) is 21.3. The quantitative estimate of drug-likeness (QED) is 0.869. The first-order chi connectivity index (χ1) is 8.74. The van der Waals surface area contributed by atoms with Crippen LogP contribution in [0.4, 0.5) is 5.82 Å². The molecule has 0 aliphatic carbocycles. The van der Waals surface area contributed by atoms with Crippen molar-refractivity contribution in [3.8, 4) is 0 Å². The second-order valence-corrected chi connectivity index (χ2v) is 5.37. The number of pyridine rings is 1. The first kappa shape index (κ1) is 13.3. The van der Waals surface area contributed by atoms with E-state index in [2.05, 4.69) is 29.8 Å². The molecule has 3 heteroatoms. The van der Waals surface area contributed by atoms with Crippen LogP contribution in [0.15, 0.2) is 18.3 Å². The summed E-state index contributed by atoms with van der Waals surface area (Å²) in [7, 11) is 0. The molecule has 2 N–H and O–H groups in total. The number of hydrogen-bond donors (Lipinski definition) is 1. The maximum Gasteiger partial charge on any atom is 0.131 e. The molecule has 0 bridgehead atoms. The third kappa shape index (κ3) is 3.02. The van der Waals surface area contributed by atoms with Crippen molar-refractivity contribution in [2.75, 3.05) is 18.0 Å². The molecule has 2 heterocycles. The van der Waals surface area contributed by atoms with Gasteiger partial charge in [-0.15, -0.1) is 0 Å². The molecule has 3 nitrogen and oxygen atoms in total. The fourth-order valence-electron chi connectivity index (χ4n) is 2.66. The van der Waals surface area contributed by atoms with Gasteiger partial charge in [0.25, 0.3) is 0 Å². The van der Waals surface area contributed by atoms with Crippen molar-refractivity contribution in [3.63, 3.8) is 0 Å². The Labute approximate surface area is 110 Å². The van der Waals surface area contributed by atoms with Crippen LogP contribution in [0, 0.1) is 5.92 Å². The number of hydrogen-bond acceptors (Lipinski definition) is 3. The lowest BCUT2D eigenvalue weighted by molar-refractivity contribution is 0.568. The highest BCUT2D eigenvalue weighted by Gasteiger charge is 2.23. The second-order valence-electron chi connectivity index (χ2n) is 5.37. The van der Waals surface area contributed by atoms with E-state index in [0.29, 0.717) is 0 Å². The molecule has 0 radical (unpaired) electrons. The Morgan fingerprint density at radius 2 is 2.33 bits per heavy atom. The summed E-state index contributed by atoms with van der Waals surface area (Å²) < 4.78 is 0. The lowest BCUT2D eigenvalue weighted by atomic mass is 10.0. The van der Waals surface area contributed by atoms with Gasteiger partial charge in [-0.1, -0.05) is 26.3 Å². The standard InChI is InChI=1S/C15H25N3/c1-3-12-7-9-18(11-12)15-13(6-5-8-17-15)10-14(16)4-2/h5-6,8,12,14H,3-4,7,9-11,16H2,1-2H3. The van der Waals surface area contributed by atoms with Gasteiger partial charge in [-0.05, 0) is 36.8 Å². The van der Waals surface area contributed by atoms with Gasteiger partial charge >= 0.3 is 0 Å². The molecular weight excluding hydrogens is 222 g/mol. The number of aromatic nitrogens is 1. The molecule has 1 aliphatic heterocycles. The van der Waals surface area contributed by atoms with Crippen LogP contribution in [-0.4, -0.2) is 24.1 Å². The SMILES string of the molecule is CCC(N)Cc1cccnc1N1CCC(CC)C1. The van der Waals surface area contributed by atoms with Crippen molar-refractivity contribution in [1.82, 2.24) is 4.98 Å². The van der Waals surface area contributed by atoms with E-state index in [0.717, 1.165) is 37.7 Å². The first-order valence-electron chi connectivity index (χ1n) is 7.19. The number of anilines is 1. The zero-order valence-corrected chi connectivity index (χ0v) is 11.6. The van der Waals surface area contributed by atoms with E-state index in [1.807, 2.05) is 12.3 Å². The summed E-state index contributed by atoms with van der Waals surface area (Å²) in [6.45, 7) is 6.72. The molecule has 0 saturated carbocycles. The molecule has 1 aromatic heterocycles. The topological polar surface area (TPSA) is 42.1 Å². The van der Waals surface area contributed by atoms with Gasteiger partial charge in [0.05, 0.1) is 0 Å². The van der Waals surface area contributed by atoms with Crippen molar-refractivity contribution in [1.29, 1.82) is 0 Å². The van der Waals surface area contributed by atoms with Crippen molar-refractivity contribution in [2.24, 2.45) is 11.7 Å². The predicted molar refractivity (Wildman–Crippen MR) is 76.8 cm³/mol. The molecule has 1 saturated heterocycles. The zero-order valence-electron chi connectivity index (χ0n) is 11.6. The van der Waals surface area contributed by atoms with Crippen LogP contribution >= 0.6 is 0 Å². The van der Waals surface area contributed by atoms with Gasteiger partial charge in [-0.25, -0.2) is 4.98 Å². The maximum absolute atomic E-state index is 6.08. The average molecular weight is 247 g/mol. The Morgan fingerprint density at radius 3 is 3.00 bits per heavy atom. The summed E-state index contributed by atoms with van der Waals surface area (Å²) in [4.78, 5) is 7.02. The van der Waals surface area contributed by atoms with E-state index in [1.165, 1.54) is 18.4 Å². The lowest BCUT2D eigenvalue weighted by Gasteiger charge is -2.21. The van der Waals surface area contributed by atoms with Crippen LogP contribution in [0.2, 0.25) is 0 Å². The Hall–Kier alpha value is -1.09. The third-order valence-corrected chi connectivity index (χ3v) is 4.04. The minimum Gasteiger partial charge on any atom is -0.356 e. The summed E-state index contributed by atoms with van der Waals surface area (Å²) in [6, 6.07) is 4.45. The summed E-state index contributed by atoms with van der Waals surface area (Å²) in [5.41, 5.74) is 7.39. The molecule has 1 aromatic rings. The monoisotopic (exact) mass is 247 g/mol. The van der Waals surface area contributed by atoms with E-state index in [-0.39, 0.29) is 6.04 Å². The number of nitrogens with two attached hydrogens (primary N) is 1.